The maximum atomic E-state index is 11.6. The van der Waals surface area contributed by atoms with E-state index in [-0.39, 0.29) is 24.1 Å². The molecule has 0 aliphatic carbocycles. The van der Waals surface area contributed by atoms with Gasteiger partial charge in [-0.2, -0.15) is 0 Å². The van der Waals surface area contributed by atoms with Crippen LogP contribution in [0.1, 0.15) is 37.6 Å². The van der Waals surface area contributed by atoms with Gasteiger partial charge in [0.05, 0.1) is 0 Å². The fraction of sp³-hybridized carbons (Fsp3) is 0.429. The number of benzene rings is 1. The van der Waals surface area contributed by atoms with Gasteiger partial charge in [-0.15, -0.1) is 0 Å². The summed E-state index contributed by atoms with van der Waals surface area (Å²) in [5.41, 5.74) is 0.596. The highest BCUT2D eigenvalue weighted by molar-refractivity contribution is 5.94. The molecule has 0 bridgehead atoms. The molecule has 0 spiro atoms. The predicted molar refractivity (Wildman–Crippen MR) is 66.4 cm³/mol. The minimum atomic E-state index is -0.0105. The normalized spacial score (nSPS) is 11.9. The Kier molecular flexibility index (Phi) is 4.88. The van der Waals surface area contributed by atoms with E-state index in [0.717, 1.165) is 6.42 Å². The molecule has 0 aliphatic heterocycles. The van der Waals surface area contributed by atoms with Crippen LogP contribution in [-0.2, 0) is 4.79 Å². The quantitative estimate of drug-likeness (QED) is 0.711. The van der Waals surface area contributed by atoms with Gasteiger partial charge in [-0.3, -0.25) is 9.59 Å². The molecule has 1 atom stereocenters. The largest absolute Gasteiger partial charge is 0.486 e. The molecule has 0 aromatic heterocycles. The third-order valence-electron chi connectivity index (χ3n) is 2.78. The van der Waals surface area contributed by atoms with Gasteiger partial charge in [0.25, 0.3) is 0 Å². The number of hydrogen-bond acceptors (Lipinski definition) is 3. The minimum absolute atomic E-state index is 0.0105. The summed E-state index contributed by atoms with van der Waals surface area (Å²) in [6, 6.07) is 6.88. The second kappa shape index (κ2) is 6.18. The van der Waals surface area contributed by atoms with E-state index in [1.807, 2.05) is 13.8 Å². The van der Waals surface area contributed by atoms with Crippen molar-refractivity contribution in [2.24, 2.45) is 5.92 Å². The second-order valence-electron chi connectivity index (χ2n) is 4.15. The van der Waals surface area contributed by atoms with Crippen LogP contribution in [0.5, 0.6) is 5.75 Å². The summed E-state index contributed by atoms with van der Waals surface area (Å²) in [5.74, 6) is 0.657. The van der Waals surface area contributed by atoms with Crippen molar-refractivity contribution in [2.75, 3.05) is 6.61 Å². The zero-order valence-corrected chi connectivity index (χ0v) is 10.5. The molecule has 1 rings (SSSR count). The van der Waals surface area contributed by atoms with Crippen LogP contribution in [-0.4, -0.2) is 18.2 Å². The van der Waals surface area contributed by atoms with Crippen LogP contribution in [0.25, 0.3) is 0 Å². The van der Waals surface area contributed by atoms with Crippen LogP contribution >= 0.6 is 0 Å². The molecule has 0 amide bonds. The van der Waals surface area contributed by atoms with Gasteiger partial charge in [-0.1, -0.05) is 26.0 Å². The Balaban J connectivity index is 2.60. The molecule has 0 N–H and O–H groups in total. The number of Topliss-reactive ketones (excluding diaryl/α,β-unsaturated/α-hetero) is 2. The number of carbonyl (C=O) groups is 2. The highest BCUT2D eigenvalue weighted by atomic mass is 16.5. The topological polar surface area (TPSA) is 43.4 Å². The molecule has 0 fully saturated rings. The van der Waals surface area contributed by atoms with Crippen molar-refractivity contribution in [3.05, 3.63) is 29.8 Å². The van der Waals surface area contributed by atoms with Gasteiger partial charge >= 0.3 is 0 Å². The first kappa shape index (κ1) is 13.4. The fourth-order valence-corrected chi connectivity index (χ4v) is 1.33. The molecule has 0 aliphatic rings. The molecular weight excluding hydrogens is 216 g/mol. The van der Waals surface area contributed by atoms with Gasteiger partial charge in [0, 0.05) is 11.5 Å². The Morgan fingerprint density at radius 3 is 2.65 bits per heavy atom. The van der Waals surface area contributed by atoms with Crippen LogP contribution in [0.4, 0.5) is 0 Å². The summed E-state index contributed by atoms with van der Waals surface area (Å²) in [6.07, 6.45) is 0.815. The lowest BCUT2D eigenvalue weighted by Crippen LogP contribution is -2.18. The molecule has 1 unspecified atom stereocenters. The van der Waals surface area contributed by atoms with E-state index in [1.165, 1.54) is 6.92 Å². The summed E-state index contributed by atoms with van der Waals surface area (Å²) >= 11 is 0. The molecule has 92 valence electrons. The van der Waals surface area contributed by atoms with E-state index >= 15 is 0 Å². The molecule has 0 saturated heterocycles. The summed E-state index contributed by atoms with van der Waals surface area (Å²) in [4.78, 5) is 22.7. The highest BCUT2D eigenvalue weighted by Crippen LogP contribution is 2.14. The van der Waals surface area contributed by atoms with Crippen molar-refractivity contribution in [1.29, 1.82) is 0 Å². The Hall–Kier alpha value is -1.64. The van der Waals surface area contributed by atoms with Crippen LogP contribution in [0, 0.1) is 5.92 Å². The highest BCUT2D eigenvalue weighted by Gasteiger charge is 2.11. The number of rotatable bonds is 6. The van der Waals surface area contributed by atoms with E-state index in [0.29, 0.717) is 11.3 Å². The number of carbonyl (C=O) groups excluding carboxylic acids is 2. The molecule has 3 heteroatoms. The monoisotopic (exact) mass is 234 g/mol. The summed E-state index contributed by atoms with van der Waals surface area (Å²) in [6.45, 7) is 5.43. The lowest BCUT2D eigenvalue weighted by atomic mass is 10.0. The predicted octanol–water partition coefficient (Wildman–Crippen LogP) is 2.88. The average Bonchev–Trinajstić information content (AvgIpc) is 2.35. The van der Waals surface area contributed by atoms with E-state index < -0.39 is 0 Å². The van der Waals surface area contributed by atoms with Crippen molar-refractivity contribution in [2.45, 2.75) is 27.2 Å². The van der Waals surface area contributed by atoms with Crippen LogP contribution in [0.2, 0.25) is 0 Å². The first-order chi connectivity index (χ1) is 8.04. The zero-order chi connectivity index (χ0) is 12.8. The third-order valence-corrected chi connectivity index (χ3v) is 2.78. The van der Waals surface area contributed by atoms with Gasteiger partial charge in [0.2, 0.25) is 0 Å². The number of hydrogen-bond donors (Lipinski definition) is 0. The maximum Gasteiger partial charge on any atom is 0.172 e. The lowest BCUT2D eigenvalue weighted by molar-refractivity contribution is -0.124. The minimum Gasteiger partial charge on any atom is -0.486 e. The lowest BCUT2D eigenvalue weighted by Gasteiger charge is -2.09. The Morgan fingerprint density at radius 1 is 1.35 bits per heavy atom. The molecule has 0 radical (unpaired) electrons. The molecule has 17 heavy (non-hydrogen) atoms. The summed E-state index contributed by atoms with van der Waals surface area (Å²) < 4.78 is 5.38. The van der Waals surface area contributed by atoms with Crippen molar-refractivity contribution in [3.8, 4) is 5.75 Å². The third kappa shape index (κ3) is 4.02. The van der Waals surface area contributed by atoms with Gasteiger partial charge in [-0.05, 0) is 25.5 Å². The number of ketones is 2. The molecule has 0 saturated carbocycles. The fourth-order valence-electron chi connectivity index (χ4n) is 1.33. The Morgan fingerprint density at radius 2 is 2.06 bits per heavy atom. The smallest absolute Gasteiger partial charge is 0.172 e. The zero-order valence-electron chi connectivity index (χ0n) is 10.5. The standard InChI is InChI=1S/C14H18O3/c1-4-10(2)14(16)9-17-13-7-5-6-12(8-13)11(3)15/h5-8,10H,4,9H2,1-3H3. The van der Waals surface area contributed by atoms with Crippen LogP contribution in [0.3, 0.4) is 0 Å². The molecular formula is C14H18O3. The Labute approximate surface area is 102 Å². The SMILES string of the molecule is CCC(C)C(=O)COc1cccc(C(C)=O)c1. The second-order valence-corrected chi connectivity index (χ2v) is 4.15. The van der Waals surface area contributed by atoms with Gasteiger partial charge in [0.15, 0.2) is 11.6 Å². The number of ether oxygens (including phenoxy) is 1. The van der Waals surface area contributed by atoms with Crippen LogP contribution in [0.15, 0.2) is 24.3 Å². The van der Waals surface area contributed by atoms with E-state index in [4.69, 9.17) is 4.74 Å². The maximum absolute atomic E-state index is 11.6. The van der Waals surface area contributed by atoms with E-state index in [1.54, 1.807) is 24.3 Å². The molecule has 0 heterocycles. The molecule has 3 nitrogen and oxygen atoms in total. The van der Waals surface area contributed by atoms with Crippen molar-refractivity contribution in [3.63, 3.8) is 0 Å². The van der Waals surface area contributed by atoms with Gasteiger partial charge in [0.1, 0.15) is 12.4 Å². The summed E-state index contributed by atoms with van der Waals surface area (Å²) in [7, 11) is 0. The van der Waals surface area contributed by atoms with Crippen LogP contribution < -0.4 is 4.74 Å². The Bertz CT molecular complexity index is 410. The van der Waals surface area contributed by atoms with E-state index in [2.05, 4.69) is 0 Å². The molecule has 1 aromatic carbocycles. The van der Waals surface area contributed by atoms with E-state index in [9.17, 15) is 9.59 Å². The summed E-state index contributed by atoms with van der Waals surface area (Å²) in [5, 5.41) is 0. The van der Waals surface area contributed by atoms with Gasteiger partial charge < -0.3 is 4.74 Å². The van der Waals surface area contributed by atoms with Crippen molar-refractivity contribution in [1.82, 2.24) is 0 Å². The van der Waals surface area contributed by atoms with Crippen molar-refractivity contribution >= 4 is 11.6 Å². The van der Waals surface area contributed by atoms with Crippen molar-refractivity contribution < 1.29 is 14.3 Å². The molecule has 1 aromatic rings. The van der Waals surface area contributed by atoms with Gasteiger partial charge in [-0.25, -0.2) is 0 Å². The first-order valence-corrected chi connectivity index (χ1v) is 5.81. The first-order valence-electron chi connectivity index (χ1n) is 5.81. The average molecular weight is 234 g/mol.